The fourth-order valence-electron chi connectivity index (χ4n) is 3.85. The summed E-state index contributed by atoms with van der Waals surface area (Å²) in [4.78, 5) is 35.1. The predicted octanol–water partition coefficient (Wildman–Crippen LogP) is 4.67. The van der Waals surface area contributed by atoms with Crippen molar-refractivity contribution in [1.29, 1.82) is 0 Å². The van der Waals surface area contributed by atoms with Crippen LogP contribution in [-0.4, -0.2) is 55.3 Å². The van der Waals surface area contributed by atoms with Crippen LogP contribution in [0.15, 0.2) is 53.3 Å². The summed E-state index contributed by atoms with van der Waals surface area (Å²) >= 11 is 3.39. The number of esters is 2. The van der Waals surface area contributed by atoms with Gasteiger partial charge in [0.2, 0.25) is 0 Å². The van der Waals surface area contributed by atoms with Gasteiger partial charge in [-0.3, -0.25) is 4.98 Å². The second-order valence-electron chi connectivity index (χ2n) is 7.89. The van der Waals surface area contributed by atoms with Crippen LogP contribution in [0.25, 0.3) is 11.3 Å². The maximum Gasteiger partial charge on any atom is 0.341 e. The van der Waals surface area contributed by atoms with Crippen molar-refractivity contribution in [3.8, 4) is 17.0 Å². The zero-order chi connectivity index (χ0) is 24.9. The average molecular weight is 544 g/mol. The van der Waals surface area contributed by atoms with Gasteiger partial charge in [0.05, 0.1) is 29.9 Å². The molecular weight excluding hydrogens is 521 g/mol. The van der Waals surface area contributed by atoms with Gasteiger partial charge in [-0.05, 0) is 46.3 Å². The second-order valence-corrected chi connectivity index (χ2v) is 8.74. The average Bonchev–Trinajstić information content (AvgIpc) is 2.90. The van der Waals surface area contributed by atoms with E-state index in [0.29, 0.717) is 64.4 Å². The fraction of sp³-hybridized carbons (Fsp3) is 0.280. The molecule has 0 bridgehead atoms. The van der Waals surface area contributed by atoms with Crippen LogP contribution in [0.2, 0.25) is 0 Å². The Morgan fingerprint density at radius 1 is 1.00 bits per heavy atom. The summed E-state index contributed by atoms with van der Waals surface area (Å²) in [6, 6.07) is 9.29. The van der Waals surface area contributed by atoms with Crippen LogP contribution in [0.4, 0.5) is 10.2 Å². The van der Waals surface area contributed by atoms with Crippen molar-refractivity contribution in [3.05, 3.63) is 70.2 Å². The molecule has 0 N–H and O–H groups in total. The molecule has 4 rings (SSSR count). The van der Waals surface area contributed by atoms with Crippen molar-refractivity contribution < 1.29 is 28.2 Å². The van der Waals surface area contributed by atoms with E-state index < -0.39 is 11.9 Å². The van der Waals surface area contributed by atoms with Crippen molar-refractivity contribution in [2.45, 2.75) is 18.9 Å². The molecule has 1 aromatic carbocycles. The highest BCUT2D eigenvalue weighted by atomic mass is 79.9. The molecule has 35 heavy (non-hydrogen) atoms. The Bertz CT molecular complexity index is 1230. The highest BCUT2D eigenvalue weighted by Gasteiger charge is 2.26. The number of piperidine rings is 1. The molecule has 3 heterocycles. The number of anilines is 1. The van der Waals surface area contributed by atoms with Crippen LogP contribution in [-0.2, 0) is 9.47 Å². The Morgan fingerprint density at radius 3 is 2.40 bits per heavy atom. The van der Waals surface area contributed by atoms with E-state index in [4.69, 9.17) is 14.2 Å². The molecule has 0 aliphatic carbocycles. The number of carbonyl (C=O) groups is 2. The molecule has 8 nitrogen and oxygen atoms in total. The number of methoxy groups -OCH3 is 2. The van der Waals surface area contributed by atoms with Crippen LogP contribution < -0.4 is 9.64 Å². The van der Waals surface area contributed by atoms with Crippen LogP contribution in [0.3, 0.4) is 0 Å². The zero-order valence-electron chi connectivity index (χ0n) is 19.2. The van der Waals surface area contributed by atoms with Gasteiger partial charge >= 0.3 is 11.9 Å². The Morgan fingerprint density at radius 2 is 1.74 bits per heavy atom. The normalized spacial score (nSPS) is 13.9. The first-order valence-electron chi connectivity index (χ1n) is 10.9. The molecule has 1 aliphatic rings. The largest absolute Gasteiger partial charge is 0.489 e. The van der Waals surface area contributed by atoms with Crippen LogP contribution >= 0.6 is 15.9 Å². The van der Waals surface area contributed by atoms with E-state index >= 15 is 0 Å². The molecule has 3 aromatic rings. The van der Waals surface area contributed by atoms with E-state index in [1.807, 2.05) is 4.90 Å². The lowest BCUT2D eigenvalue weighted by atomic mass is 10.1. The number of aromatic nitrogens is 2. The number of pyridine rings is 2. The molecule has 0 atom stereocenters. The lowest BCUT2D eigenvalue weighted by Gasteiger charge is -2.33. The van der Waals surface area contributed by atoms with Crippen LogP contribution in [0.1, 0.15) is 33.6 Å². The number of hydrogen-bond acceptors (Lipinski definition) is 8. The van der Waals surface area contributed by atoms with Crippen molar-refractivity contribution in [1.82, 2.24) is 9.97 Å². The fourth-order valence-corrected chi connectivity index (χ4v) is 4.19. The first-order valence-corrected chi connectivity index (χ1v) is 11.7. The van der Waals surface area contributed by atoms with E-state index in [1.165, 1.54) is 32.5 Å². The van der Waals surface area contributed by atoms with Crippen LogP contribution in [0, 0.1) is 5.82 Å². The third kappa shape index (κ3) is 5.59. The topological polar surface area (TPSA) is 90.8 Å². The van der Waals surface area contributed by atoms with Crippen LogP contribution in [0.5, 0.6) is 5.75 Å². The monoisotopic (exact) mass is 543 g/mol. The minimum absolute atomic E-state index is 0.0947. The Hall–Kier alpha value is -3.53. The van der Waals surface area contributed by atoms with Gasteiger partial charge in [-0.25, -0.2) is 19.0 Å². The van der Waals surface area contributed by atoms with Gasteiger partial charge < -0.3 is 19.1 Å². The summed E-state index contributed by atoms with van der Waals surface area (Å²) in [6.07, 6.45) is 4.29. The predicted molar refractivity (Wildman–Crippen MR) is 130 cm³/mol. The first-order chi connectivity index (χ1) is 16.9. The van der Waals surface area contributed by atoms with Gasteiger partial charge in [-0.15, -0.1) is 0 Å². The van der Waals surface area contributed by atoms with E-state index in [0.717, 1.165) is 0 Å². The first kappa shape index (κ1) is 24.6. The summed E-state index contributed by atoms with van der Waals surface area (Å²) in [6.45, 7) is 1.19. The number of ether oxygens (including phenoxy) is 3. The highest BCUT2D eigenvalue weighted by molar-refractivity contribution is 9.10. The molecule has 0 unspecified atom stereocenters. The molecule has 0 amide bonds. The summed E-state index contributed by atoms with van der Waals surface area (Å²) < 4.78 is 30.0. The summed E-state index contributed by atoms with van der Waals surface area (Å²) in [5.74, 6) is -0.376. The maximum atomic E-state index is 13.6. The van der Waals surface area contributed by atoms with E-state index in [9.17, 15) is 14.0 Å². The molecule has 1 saturated heterocycles. The molecule has 10 heteroatoms. The van der Waals surface area contributed by atoms with Gasteiger partial charge in [-0.2, -0.15) is 0 Å². The quantitative estimate of drug-likeness (QED) is 0.414. The molecule has 182 valence electrons. The van der Waals surface area contributed by atoms with Crippen molar-refractivity contribution >= 4 is 33.7 Å². The second kappa shape index (κ2) is 10.8. The molecule has 0 radical (unpaired) electrons. The van der Waals surface area contributed by atoms with Crippen molar-refractivity contribution in [2.24, 2.45) is 0 Å². The molecule has 1 fully saturated rings. The number of carbonyl (C=O) groups excluding carboxylic acids is 2. The third-order valence-electron chi connectivity index (χ3n) is 5.68. The standard InChI is InChI=1S/C25H23BrFN3O5/c1-33-24(31)15-3-6-21(28-13-15)16-11-19(25(32)34-2)23(29-14-16)30-9-7-18(8-10-30)35-22-12-17(27)4-5-20(22)26/h3-6,11-14,18H,7-10H2,1-2H3. The lowest BCUT2D eigenvalue weighted by molar-refractivity contribution is 0.0591. The summed E-state index contributed by atoms with van der Waals surface area (Å²) in [7, 11) is 2.62. The molecular formula is C25H23BrFN3O5. The number of benzene rings is 1. The van der Waals surface area contributed by atoms with Gasteiger partial charge in [0.15, 0.2) is 0 Å². The third-order valence-corrected chi connectivity index (χ3v) is 6.34. The number of rotatable bonds is 6. The Balaban J connectivity index is 1.51. The minimum atomic E-state index is -0.511. The molecule has 0 saturated carbocycles. The molecule has 0 spiro atoms. The maximum absolute atomic E-state index is 13.6. The van der Waals surface area contributed by atoms with Gasteiger partial charge in [0.1, 0.15) is 29.1 Å². The SMILES string of the molecule is COC(=O)c1ccc(-c2cnc(N3CCC(Oc4cc(F)ccc4Br)CC3)c(C(=O)OC)c2)nc1. The van der Waals surface area contributed by atoms with Crippen molar-refractivity contribution in [2.75, 3.05) is 32.2 Å². The van der Waals surface area contributed by atoms with Gasteiger partial charge in [0.25, 0.3) is 0 Å². The Labute approximate surface area is 210 Å². The number of nitrogens with zero attached hydrogens (tertiary/aromatic N) is 3. The van der Waals surface area contributed by atoms with Crippen molar-refractivity contribution in [3.63, 3.8) is 0 Å². The zero-order valence-corrected chi connectivity index (χ0v) is 20.7. The lowest BCUT2D eigenvalue weighted by Crippen LogP contribution is -2.39. The number of hydrogen-bond donors (Lipinski definition) is 0. The van der Waals surface area contributed by atoms with E-state index in [2.05, 4.69) is 25.9 Å². The molecule has 2 aromatic heterocycles. The van der Waals surface area contributed by atoms with Gasteiger partial charge in [0, 0.05) is 50.0 Å². The van der Waals surface area contributed by atoms with E-state index in [-0.39, 0.29) is 11.9 Å². The highest BCUT2D eigenvalue weighted by Crippen LogP contribution is 2.31. The summed E-state index contributed by atoms with van der Waals surface area (Å²) in [5.41, 5.74) is 1.80. The number of halogens is 2. The smallest absolute Gasteiger partial charge is 0.341 e. The molecule has 1 aliphatic heterocycles. The van der Waals surface area contributed by atoms with E-state index in [1.54, 1.807) is 30.5 Å². The Kier molecular flexibility index (Phi) is 7.60. The van der Waals surface area contributed by atoms with Gasteiger partial charge in [-0.1, -0.05) is 0 Å². The summed E-state index contributed by atoms with van der Waals surface area (Å²) in [5, 5.41) is 0. The minimum Gasteiger partial charge on any atom is -0.489 e.